The van der Waals surface area contributed by atoms with E-state index in [9.17, 15) is 4.79 Å². The molecule has 0 spiro atoms. The van der Waals surface area contributed by atoms with Crippen molar-refractivity contribution in [1.29, 1.82) is 0 Å². The Labute approximate surface area is 125 Å². The van der Waals surface area contributed by atoms with E-state index in [0.717, 1.165) is 11.3 Å². The number of hydrogen-bond donors (Lipinski definition) is 1. The summed E-state index contributed by atoms with van der Waals surface area (Å²) in [5.41, 5.74) is 6.55. The van der Waals surface area contributed by atoms with Gasteiger partial charge in [0.1, 0.15) is 13.2 Å². The Hall–Kier alpha value is -1.75. The molecule has 2 rings (SSSR count). The van der Waals surface area contributed by atoms with Crippen molar-refractivity contribution in [3.05, 3.63) is 23.8 Å². The van der Waals surface area contributed by atoms with Gasteiger partial charge < -0.3 is 19.9 Å². The van der Waals surface area contributed by atoms with E-state index in [2.05, 4.69) is 0 Å². The predicted molar refractivity (Wildman–Crippen MR) is 79.4 cm³/mol. The molecule has 0 amide bonds. The third-order valence-corrected chi connectivity index (χ3v) is 3.55. The van der Waals surface area contributed by atoms with E-state index in [-0.39, 0.29) is 12.0 Å². The van der Waals surface area contributed by atoms with E-state index >= 15 is 0 Å². The maximum Gasteiger partial charge on any atom is 0.311 e. The van der Waals surface area contributed by atoms with Gasteiger partial charge in [-0.05, 0) is 44.9 Å². The van der Waals surface area contributed by atoms with Crippen LogP contribution in [0.15, 0.2) is 18.2 Å². The Morgan fingerprint density at radius 3 is 2.67 bits per heavy atom. The third kappa shape index (κ3) is 3.67. The van der Waals surface area contributed by atoms with Crippen molar-refractivity contribution in [2.45, 2.75) is 33.2 Å². The quantitative estimate of drug-likeness (QED) is 0.844. The molecule has 1 aromatic rings. The Kier molecular flexibility index (Phi) is 4.73. The molecule has 0 fully saturated rings. The van der Waals surface area contributed by atoms with Crippen molar-refractivity contribution in [1.82, 2.24) is 0 Å². The number of ether oxygens (including phenoxy) is 3. The van der Waals surface area contributed by atoms with Gasteiger partial charge in [-0.3, -0.25) is 4.79 Å². The fourth-order valence-electron chi connectivity index (χ4n) is 2.37. The van der Waals surface area contributed by atoms with E-state index in [1.807, 2.05) is 32.0 Å². The summed E-state index contributed by atoms with van der Waals surface area (Å²) in [7, 11) is 0. The molecule has 1 atom stereocenters. The zero-order chi connectivity index (χ0) is 15.5. The van der Waals surface area contributed by atoms with Crippen LogP contribution in [-0.2, 0) is 9.53 Å². The highest BCUT2D eigenvalue weighted by Gasteiger charge is 2.32. The van der Waals surface area contributed by atoms with Gasteiger partial charge in [-0.25, -0.2) is 0 Å². The van der Waals surface area contributed by atoms with Crippen LogP contribution in [0.1, 0.15) is 38.8 Å². The molecule has 1 heterocycles. The second kappa shape index (κ2) is 6.35. The zero-order valence-electron chi connectivity index (χ0n) is 12.8. The Morgan fingerprint density at radius 2 is 2.00 bits per heavy atom. The number of esters is 1. The summed E-state index contributed by atoms with van der Waals surface area (Å²) in [6.45, 7) is 6.98. The highest BCUT2D eigenvalue weighted by Crippen LogP contribution is 2.35. The minimum atomic E-state index is -0.622. The fourth-order valence-corrected chi connectivity index (χ4v) is 2.37. The van der Waals surface area contributed by atoms with Crippen LogP contribution in [0, 0.1) is 5.41 Å². The molecule has 5 heteroatoms. The highest BCUT2D eigenvalue weighted by molar-refractivity contribution is 5.76. The lowest BCUT2D eigenvalue weighted by Gasteiger charge is -2.26. The molecule has 0 radical (unpaired) electrons. The van der Waals surface area contributed by atoms with E-state index in [0.29, 0.717) is 32.0 Å². The molecule has 1 aliphatic heterocycles. The van der Waals surface area contributed by atoms with Gasteiger partial charge in [0.15, 0.2) is 11.5 Å². The van der Waals surface area contributed by atoms with Crippen LogP contribution in [0.5, 0.6) is 11.5 Å². The molecule has 0 aromatic heterocycles. The van der Waals surface area contributed by atoms with Crippen LogP contribution in [0.3, 0.4) is 0 Å². The van der Waals surface area contributed by atoms with E-state index in [1.165, 1.54) is 0 Å². The molecule has 21 heavy (non-hydrogen) atoms. The minimum absolute atomic E-state index is 0.224. The van der Waals surface area contributed by atoms with Gasteiger partial charge in [0.25, 0.3) is 0 Å². The average molecular weight is 293 g/mol. The van der Waals surface area contributed by atoms with Gasteiger partial charge in [-0.2, -0.15) is 0 Å². The second-order valence-electron chi connectivity index (χ2n) is 5.82. The maximum atomic E-state index is 11.9. The number of fused-ring (bicyclic) bond motifs is 1. The first-order valence-electron chi connectivity index (χ1n) is 7.26. The van der Waals surface area contributed by atoms with Gasteiger partial charge in [-0.1, -0.05) is 6.07 Å². The van der Waals surface area contributed by atoms with Crippen LogP contribution in [0.25, 0.3) is 0 Å². The molecule has 1 unspecified atom stereocenters. The summed E-state index contributed by atoms with van der Waals surface area (Å²) in [6, 6.07) is 5.40. The summed E-state index contributed by atoms with van der Waals surface area (Å²) < 4.78 is 16.1. The largest absolute Gasteiger partial charge is 0.486 e. The summed E-state index contributed by atoms with van der Waals surface area (Å²) >= 11 is 0. The summed E-state index contributed by atoms with van der Waals surface area (Å²) in [5, 5.41) is 0. The lowest BCUT2D eigenvalue weighted by molar-refractivity contribution is -0.154. The summed E-state index contributed by atoms with van der Waals surface area (Å²) in [5.74, 6) is 1.22. The molecular weight excluding hydrogens is 270 g/mol. The third-order valence-electron chi connectivity index (χ3n) is 3.55. The Morgan fingerprint density at radius 1 is 1.33 bits per heavy atom. The number of nitrogens with two attached hydrogens (primary N) is 1. The van der Waals surface area contributed by atoms with Crippen LogP contribution in [0.2, 0.25) is 0 Å². The zero-order valence-corrected chi connectivity index (χ0v) is 12.8. The normalized spacial score (nSPS) is 15.4. The van der Waals surface area contributed by atoms with Crippen molar-refractivity contribution in [3.8, 4) is 11.5 Å². The van der Waals surface area contributed by atoms with Crippen LogP contribution in [0.4, 0.5) is 0 Å². The van der Waals surface area contributed by atoms with Crippen molar-refractivity contribution in [2.75, 3.05) is 19.8 Å². The predicted octanol–water partition coefficient (Wildman–Crippen LogP) is 2.44. The van der Waals surface area contributed by atoms with Gasteiger partial charge in [-0.15, -0.1) is 0 Å². The van der Waals surface area contributed by atoms with Crippen molar-refractivity contribution in [3.63, 3.8) is 0 Å². The van der Waals surface area contributed by atoms with Gasteiger partial charge in [0.05, 0.1) is 12.0 Å². The number of rotatable bonds is 5. The van der Waals surface area contributed by atoms with Crippen LogP contribution in [-0.4, -0.2) is 25.8 Å². The molecule has 0 aliphatic carbocycles. The molecular formula is C16H23NO4. The summed E-state index contributed by atoms with van der Waals surface area (Å²) in [6.07, 6.45) is 0.505. The summed E-state index contributed by atoms with van der Waals surface area (Å²) in [4.78, 5) is 11.9. The maximum absolute atomic E-state index is 11.9. The smallest absolute Gasteiger partial charge is 0.311 e. The molecule has 116 valence electrons. The lowest BCUT2D eigenvalue weighted by atomic mass is 9.84. The Bertz CT molecular complexity index is 513. The molecule has 0 saturated heterocycles. The van der Waals surface area contributed by atoms with Crippen LogP contribution < -0.4 is 15.2 Å². The first kappa shape index (κ1) is 15.6. The van der Waals surface area contributed by atoms with Gasteiger partial charge in [0, 0.05) is 6.04 Å². The standard InChI is InChI=1S/C16H23NO4/c1-4-19-15(18)16(2,3)10-12(17)11-5-6-13-14(9-11)21-8-7-20-13/h5-6,9,12H,4,7-8,10,17H2,1-3H3. The average Bonchev–Trinajstić information content (AvgIpc) is 2.46. The SMILES string of the molecule is CCOC(=O)C(C)(C)CC(N)c1ccc2c(c1)OCCO2. The molecule has 2 N–H and O–H groups in total. The molecule has 1 aromatic carbocycles. The fraction of sp³-hybridized carbons (Fsp3) is 0.562. The number of hydrogen-bond acceptors (Lipinski definition) is 5. The molecule has 0 saturated carbocycles. The number of carbonyl (C=O) groups excluding carboxylic acids is 1. The van der Waals surface area contributed by atoms with Crippen LogP contribution >= 0.6 is 0 Å². The second-order valence-corrected chi connectivity index (χ2v) is 5.82. The molecule has 1 aliphatic rings. The number of benzene rings is 1. The first-order valence-corrected chi connectivity index (χ1v) is 7.26. The first-order chi connectivity index (χ1) is 9.94. The Balaban J connectivity index is 2.09. The highest BCUT2D eigenvalue weighted by atomic mass is 16.6. The van der Waals surface area contributed by atoms with E-state index in [1.54, 1.807) is 6.92 Å². The molecule has 0 bridgehead atoms. The van der Waals surface area contributed by atoms with Crippen molar-refractivity contribution >= 4 is 5.97 Å². The van der Waals surface area contributed by atoms with Crippen molar-refractivity contribution in [2.24, 2.45) is 11.1 Å². The van der Waals surface area contributed by atoms with E-state index in [4.69, 9.17) is 19.9 Å². The monoisotopic (exact) mass is 293 g/mol. The lowest BCUT2D eigenvalue weighted by Crippen LogP contribution is -2.31. The van der Waals surface area contributed by atoms with Gasteiger partial charge >= 0.3 is 5.97 Å². The van der Waals surface area contributed by atoms with Gasteiger partial charge in [0.2, 0.25) is 0 Å². The molecule has 5 nitrogen and oxygen atoms in total. The van der Waals surface area contributed by atoms with E-state index < -0.39 is 5.41 Å². The number of carbonyl (C=O) groups is 1. The minimum Gasteiger partial charge on any atom is -0.486 e. The topological polar surface area (TPSA) is 70.8 Å². The van der Waals surface area contributed by atoms with Crippen molar-refractivity contribution < 1.29 is 19.0 Å².